The number of aromatic amines is 1. The standard InChI is InChI=1S/C31H37N7O/c1-20(2)18-38(19-21(3)4)29-16-15-23(24-11-5-6-12-26(24)30-34-36-37-35-30)17-28(29)33-31(39)32-27-14-8-10-22-9-7-13-25(22)27/h5-6,8,10-12,14-17,20-21H,7,9,13,18-19H2,1-4H3,(H2,32,33,39)(H,34,35,36,37). The largest absolute Gasteiger partial charge is 0.369 e. The van der Waals surface area contributed by atoms with E-state index in [1.165, 1.54) is 11.1 Å². The minimum absolute atomic E-state index is 0.240. The van der Waals surface area contributed by atoms with Gasteiger partial charge in [-0.3, -0.25) is 0 Å². The lowest BCUT2D eigenvalue weighted by Crippen LogP contribution is -2.32. The van der Waals surface area contributed by atoms with Gasteiger partial charge < -0.3 is 15.5 Å². The van der Waals surface area contributed by atoms with E-state index >= 15 is 0 Å². The molecule has 3 N–H and O–H groups in total. The first kappa shape index (κ1) is 26.4. The Bertz CT molecular complexity index is 1420. The van der Waals surface area contributed by atoms with Gasteiger partial charge in [0, 0.05) is 24.3 Å². The Kier molecular flexibility index (Phi) is 7.91. The van der Waals surface area contributed by atoms with Crippen molar-refractivity contribution in [1.29, 1.82) is 0 Å². The van der Waals surface area contributed by atoms with Gasteiger partial charge in [0.25, 0.3) is 0 Å². The van der Waals surface area contributed by atoms with Crippen LogP contribution in [-0.4, -0.2) is 39.7 Å². The molecule has 1 heterocycles. The number of fused-ring (bicyclic) bond motifs is 1. The molecule has 0 saturated heterocycles. The fraction of sp³-hybridized carbons (Fsp3) is 0.355. The van der Waals surface area contributed by atoms with Gasteiger partial charge in [-0.2, -0.15) is 0 Å². The van der Waals surface area contributed by atoms with E-state index in [9.17, 15) is 4.79 Å². The van der Waals surface area contributed by atoms with E-state index in [2.05, 4.69) is 88.1 Å². The highest BCUT2D eigenvalue weighted by molar-refractivity contribution is 6.03. The van der Waals surface area contributed by atoms with E-state index in [-0.39, 0.29) is 6.03 Å². The average Bonchev–Trinajstić information content (AvgIpc) is 3.61. The molecule has 1 aliphatic carbocycles. The summed E-state index contributed by atoms with van der Waals surface area (Å²) in [5.41, 5.74) is 8.09. The van der Waals surface area contributed by atoms with E-state index in [0.717, 1.165) is 66.1 Å². The highest BCUT2D eigenvalue weighted by Crippen LogP contribution is 2.36. The molecule has 0 fully saturated rings. The first-order valence-corrected chi connectivity index (χ1v) is 13.8. The zero-order valence-corrected chi connectivity index (χ0v) is 23.2. The van der Waals surface area contributed by atoms with Crippen LogP contribution in [0.25, 0.3) is 22.5 Å². The summed E-state index contributed by atoms with van der Waals surface area (Å²) in [6, 6.07) is 20.2. The van der Waals surface area contributed by atoms with Gasteiger partial charge in [0.15, 0.2) is 5.82 Å². The van der Waals surface area contributed by atoms with Gasteiger partial charge in [-0.25, -0.2) is 9.89 Å². The highest BCUT2D eigenvalue weighted by Gasteiger charge is 2.20. The Morgan fingerprint density at radius 1 is 0.897 bits per heavy atom. The SMILES string of the molecule is CC(C)CN(CC(C)C)c1ccc(-c2ccccc2-c2nnn[nH]2)cc1NC(=O)Nc1cccc2c1CCC2. The van der Waals surface area contributed by atoms with E-state index in [1.807, 2.05) is 36.4 Å². The highest BCUT2D eigenvalue weighted by atomic mass is 16.2. The number of carbonyl (C=O) groups is 1. The van der Waals surface area contributed by atoms with E-state index in [0.29, 0.717) is 17.7 Å². The maximum absolute atomic E-state index is 13.4. The van der Waals surface area contributed by atoms with Gasteiger partial charge in [-0.15, -0.1) is 5.10 Å². The number of aryl methyl sites for hydroxylation is 1. The first-order chi connectivity index (χ1) is 18.9. The van der Waals surface area contributed by atoms with E-state index in [1.54, 1.807) is 0 Å². The van der Waals surface area contributed by atoms with Crippen molar-refractivity contribution in [3.05, 3.63) is 71.8 Å². The zero-order valence-electron chi connectivity index (χ0n) is 23.2. The summed E-state index contributed by atoms with van der Waals surface area (Å²) in [5.74, 6) is 1.54. The number of anilines is 3. The number of amides is 2. The summed E-state index contributed by atoms with van der Waals surface area (Å²) in [6.45, 7) is 10.7. The molecule has 0 bridgehead atoms. The zero-order chi connectivity index (χ0) is 27.4. The Morgan fingerprint density at radius 3 is 2.36 bits per heavy atom. The number of nitrogens with zero attached hydrogens (tertiary/aromatic N) is 4. The molecule has 2 amide bonds. The number of nitrogens with one attached hydrogen (secondary N) is 3. The molecule has 202 valence electrons. The van der Waals surface area contributed by atoms with Crippen LogP contribution >= 0.6 is 0 Å². The van der Waals surface area contributed by atoms with Crippen molar-refractivity contribution >= 4 is 23.1 Å². The number of H-pyrrole nitrogens is 1. The van der Waals surface area contributed by atoms with Gasteiger partial charge >= 0.3 is 6.03 Å². The van der Waals surface area contributed by atoms with Gasteiger partial charge in [0.2, 0.25) is 0 Å². The van der Waals surface area contributed by atoms with Crippen molar-refractivity contribution in [2.24, 2.45) is 11.8 Å². The number of rotatable bonds is 9. The third-order valence-corrected chi connectivity index (χ3v) is 6.99. The molecule has 0 aliphatic heterocycles. The first-order valence-electron chi connectivity index (χ1n) is 13.8. The van der Waals surface area contributed by atoms with Crippen LogP contribution in [0.1, 0.15) is 45.2 Å². The Labute approximate surface area is 230 Å². The molecule has 8 heteroatoms. The molecule has 1 aromatic heterocycles. The second-order valence-corrected chi connectivity index (χ2v) is 11.1. The van der Waals surface area contributed by atoms with Gasteiger partial charge in [-0.1, -0.05) is 70.2 Å². The molecule has 8 nitrogen and oxygen atoms in total. The predicted octanol–water partition coefficient (Wildman–Crippen LogP) is 6.78. The number of benzene rings is 3. The summed E-state index contributed by atoms with van der Waals surface area (Å²) in [7, 11) is 0. The Morgan fingerprint density at radius 2 is 1.64 bits per heavy atom. The molecule has 4 aromatic rings. The predicted molar refractivity (Wildman–Crippen MR) is 158 cm³/mol. The summed E-state index contributed by atoms with van der Waals surface area (Å²) >= 11 is 0. The van der Waals surface area contributed by atoms with Crippen molar-refractivity contribution in [1.82, 2.24) is 20.6 Å². The van der Waals surface area contributed by atoms with E-state index in [4.69, 9.17) is 0 Å². The molecular weight excluding hydrogens is 486 g/mol. The van der Waals surface area contributed by atoms with Crippen LogP contribution in [0.4, 0.5) is 21.9 Å². The maximum atomic E-state index is 13.4. The Balaban J connectivity index is 1.53. The molecule has 0 unspecified atom stereocenters. The number of aromatic nitrogens is 4. The van der Waals surface area contributed by atoms with Crippen LogP contribution < -0.4 is 15.5 Å². The van der Waals surface area contributed by atoms with Crippen LogP contribution in [0.5, 0.6) is 0 Å². The molecule has 0 radical (unpaired) electrons. The number of carbonyl (C=O) groups excluding carboxylic acids is 1. The van der Waals surface area contributed by atoms with Crippen molar-refractivity contribution in [2.75, 3.05) is 28.6 Å². The molecule has 5 rings (SSSR count). The molecule has 0 saturated carbocycles. The minimum Gasteiger partial charge on any atom is -0.369 e. The van der Waals surface area contributed by atoms with Crippen LogP contribution in [-0.2, 0) is 12.8 Å². The van der Waals surface area contributed by atoms with Gasteiger partial charge in [0.05, 0.1) is 11.4 Å². The van der Waals surface area contributed by atoms with Crippen molar-refractivity contribution in [2.45, 2.75) is 47.0 Å². The summed E-state index contributed by atoms with van der Waals surface area (Å²) in [5, 5.41) is 20.8. The third kappa shape index (κ3) is 6.11. The van der Waals surface area contributed by atoms with Crippen molar-refractivity contribution in [3.8, 4) is 22.5 Å². The van der Waals surface area contributed by atoms with Crippen LogP contribution in [0, 0.1) is 11.8 Å². The van der Waals surface area contributed by atoms with Crippen LogP contribution in [0.3, 0.4) is 0 Å². The fourth-order valence-corrected chi connectivity index (χ4v) is 5.46. The third-order valence-electron chi connectivity index (χ3n) is 6.99. The quantitative estimate of drug-likeness (QED) is 0.224. The summed E-state index contributed by atoms with van der Waals surface area (Å²) in [6.07, 6.45) is 3.19. The van der Waals surface area contributed by atoms with E-state index < -0.39 is 0 Å². The molecule has 39 heavy (non-hydrogen) atoms. The molecule has 0 spiro atoms. The second kappa shape index (κ2) is 11.7. The molecule has 1 aliphatic rings. The lowest BCUT2D eigenvalue weighted by Gasteiger charge is -2.31. The van der Waals surface area contributed by atoms with Crippen molar-refractivity contribution in [3.63, 3.8) is 0 Å². The number of hydrogen-bond donors (Lipinski definition) is 3. The number of tetrazole rings is 1. The maximum Gasteiger partial charge on any atom is 0.323 e. The number of urea groups is 1. The van der Waals surface area contributed by atoms with Gasteiger partial charge in [0.1, 0.15) is 0 Å². The minimum atomic E-state index is -0.240. The fourth-order valence-electron chi connectivity index (χ4n) is 5.46. The van der Waals surface area contributed by atoms with Crippen LogP contribution in [0.15, 0.2) is 60.7 Å². The molecule has 3 aromatic carbocycles. The molecular formula is C31H37N7O. The topological polar surface area (TPSA) is 98.8 Å². The molecule has 0 atom stereocenters. The van der Waals surface area contributed by atoms with Gasteiger partial charge in [-0.05, 0) is 82.0 Å². The van der Waals surface area contributed by atoms with Crippen molar-refractivity contribution < 1.29 is 4.79 Å². The number of hydrogen-bond acceptors (Lipinski definition) is 5. The van der Waals surface area contributed by atoms with Crippen LogP contribution in [0.2, 0.25) is 0 Å². The average molecular weight is 524 g/mol. The lowest BCUT2D eigenvalue weighted by atomic mass is 9.97. The monoisotopic (exact) mass is 523 g/mol. The lowest BCUT2D eigenvalue weighted by molar-refractivity contribution is 0.262. The normalized spacial score (nSPS) is 12.6. The second-order valence-electron chi connectivity index (χ2n) is 11.1. The Hall–Kier alpha value is -4.20. The summed E-state index contributed by atoms with van der Waals surface area (Å²) < 4.78 is 0. The summed E-state index contributed by atoms with van der Waals surface area (Å²) in [4.78, 5) is 15.8. The smallest absolute Gasteiger partial charge is 0.323 e.